The highest BCUT2D eigenvalue weighted by Gasteiger charge is 2.27. The van der Waals surface area contributed by atoms with Crippen LogP contribution in [0.3, 0.4) is 0 Å². The maximum atomic E-state index is 14.6. The van der Waals surface area contributed by atoms with E-state index in [-0.39, 0.29) is 35.1 Å². The van der Waals surface area contributed by atoms with Crippen molar-refractivity contribution in [3.63, 3.8) is 0 Å². The number of aryl methyl sites for hydroxylation is 1. The number of carbonyl (C=O) groups excluding carboxylic acids is 2. The van der Waals surface area contributed by atoms with Gasteiger partial charge in [0.2, 0.25) is 5.91 Å². The molecule has 0 radical (unpaired) electrons. The summed E-state index contributed by atoms with van der Waals surface area (Å²) in [5.74, 6) is -1.02. The van der Waals surface area contributed by atoms with E-state index in [2.05, 4.69) is 25.7 Å². The lowest BCUT2D eigenvalue weighted by molar-refractivity contribution is -0.128. The summed E-state index contributed by atoms with van der Waals surface area (Å²) < 4.78 is 22.1. The number of nitrogens with two attached hydrogens (primary N) is 1. The lowest BCUT2D eigenvalue weighted by Crippen LogP contribution is -2.29. The number of nitrogens with zero attached hydrogens (tertiary/aromatic N) is 5. The molecule has 1 saturated heterocycles. The van der Waals surface area contributed by atoms with Gasteiger partial charge in [-0.15, -0.1) is 0 Å². The van der Waals surface area contributed by atoms with Gasteiger partial charge in [-0.2, -0.15) is 10.1 Å². The minimum Gasteiger partial charge on any atom is -0.458 e. The maximum Gasteiger partial charge on any atom is 0.317 e. The standard InChI is InChI=1S/C26H29FN8O3/c1-14(28)10-29-22-5-4-19(25(37)31-17-8-16-12-34(3)33-23(16)21(27)9-17)24-20(22)11-30-26(32-24)38-18-6-7-35(13-18)15(2)36/h4-5,8-9,11-12,14,18,29H,6-7,10,13,28H2,1-3H3,(H,31,37)/t14-,18-/m0/s1. The highest BCUT2D eigenvalue weighted by molar-refractivity contribution is 6.14. The second-order valence-electron chi connectivity index (χ2n) is 9.58. The van der Waals surface area contributed by atoms with E-state index >= 15 is 0 Å². The summed E-state index contributed by atoms with van der Waals surface area (Å²) in [7, 11) is 1.70. The van der Waals surface area contributed by atoms with E-state index in [1.54, 1.807) is 42.5 Å². The number of ether oxygens (including phenoxy) is 1. The highest BCUT2D eigenvalue weighted by atomic mass is 19.1. The van der Waals surface area contributed by atoms with Crippen LogP contribution < -0.4 is 21.1 Å². The van der Waals surface area contributed by atoms with E-state index in [0.29, 0.717) is 53.7 Å². The van der Waals surface area contributed by atoms with Gasteiger partial charge in [0.25, 0.3) is 5.91 Å². The number of carbonyl (C=O) groups is 2. The minimum atomic E-state index is -0.534. The topological polar surface area (TPSA) is 140 Å². The molecule has 2 aromatic heterocycles. The van der Waals surface area contributed by atoms with Gasteiger partial charge in [0, 0.05) is 74.1 Å². The van der Waals surface area contributed by atoms with Crippen molar-refractivity contribution in [2.24, 2.45) is 12.8 Å². The van der Waals surface area contributed by atoms with Crippen molar-refractivity contribution < 1.29 is 18.7 Å². The van der Waals surface area contributed by atoms with E-state index in [1.807, 2.05) is 6.92 Å². The van der Waals surface area contributed by atoms with Crippen LogP contribution in [-0.2, 0) is 11.8 Å². The highest BCUT2D eigenvalue weighted by Crippen LogP contribution is 2.29. The first-order valence-electron chi connectivity index (χ1n) is 12.3. The van der Waals surface area contributed by atoms with Gasteiger partial charge < -0.3 is 26.0 Å². The van der Waals surface area contributed by atoms with Gasteiger partial charge in [-0.25, -0.2) is 9.37 Å². The fraction of sp³-hybridized carbons (Fsp3) is 0.346. The van der Waals surface area contributed by atoms with Crippen LogP contribution in [0.25, 0.3) is 21.8 Å². The SMILES string of the molecule is CC(=O)N1CC[C@H](Oc2ncc3c(NC[C@H](C)N)ccc(C(=O)Nc4cc(F)c5nn(C)cc5c4)c3n2)C1. The average Bonchev–Trinajstić information content (AvgIpc) is 3.48. The molecule has 0 aliphatic carbocycles. The Hall–Kier alpha value is -4.32. The number of likely N-dealkylation sites (tertiary alicyclic amines) is 1. The number of rotatable bonds is 7. The zero-order chi connectivity index (χ0) is 27.0. The summed E-state index contributed by atoms with van der Waals surface area (Å²) in [5, 5.41) is 11.3. The molecule has 1 aliphatic heterocycles. The lowest BCUT2D eigenvalue weighted by Gasteiger charge is -2.16. The van der Waals surface area contributed by atoms with Crippen LogP contribution >= 0.6 is 0 Å². The summed E-state index contributed by atoms with van der Waals surface area (Å²) in [6.45, 7) is 4.96. The van der Waals surface area contributed by atoms with Crippen LogP contribution in [0.1, 0.15) is 30.6 Å². The average molecular weight is 521 g/mol. The van der Waals surface area contributed by atoms with Crippen molar-refractivity contribution in [2.75, 3.05) is 30.3 Å². The van der Waals surface area contributed by atoms with Crippen molar-refractivity contribution in [3.8, 4) is 6.01 Å². The number of aromatic nitrogens is 4. The molecule has 2 aromatic carbocycles. The molecule has 0 spiro atoms. The first-order valence-corrected chi connectivity index (χ1v) is 12.3. The van der Waals surface area contributed by atoms with Crippen LogP contribution in [-0.4, -0.2) is 68.2 Å². The normalized spacial score (nSPS) is 16.1. The Morgan fingerprint density at radius 3 is 2.84 bits per heavy atom. The van der Waals surface area contributed by atoms with Gasteiger partial charge in [0.05, 0.1) is 17.6 Å². The molecule has 198 valence electrons. The fourth-order valence-corrected chi connectivity index (χ4v) is 4.51. The third kappa shape index (κ3) is 5.21. The Morgan fingerprint density at radius 1 is 1.29 bits per heavy atom. The number of fused-ring (bicyclic) bond motifs is 2. The molecule has 2 amide bonds. The predicted molar refractivity (Wildman–Crippen MR) is 142 cm³/mol. The fourth-order valence-electron chi connectivity index (χ4n) is 4.51. The Balaban J connectivity index is 1.47. The Bertz CT molecular complexity index is 1540. The van der Waals surface area contributed by atoms with Crippen molar-refractivity contribution >= 4 is 45.0 Å². The van der Waals surface area contributed by atoms with E-state index in [1.165, 1.54) is 17.7 Å². The molecule has 0 unspecified atom stereocenters. The van der Waals surface area contributed by atoms with Gasteiger partial charge in [-0.1, -0.05) is 0 Å². The molecule has 3 heterocycles. The van der Waals surface area contributed by atoms with Crippen LogP contribution in [0, 0.1) is 5.82 Å². The Morgan fingerprint density at radius 2 is 2.11 bits per heavy atom. The number of hydrogen-bond acceptors (Lipinski definition) is 8. The number of anilines is 2. The van der Waals surface area contributed by atoms with Crippen molar-refractivity contribution in [3.05, 3.63) is 48.0 Å². The molecular formula is C26H29FN8O3. The molecule has 4 N–H and O–H groups in total. The quantitative estimate of drug-likeness (QED) is 0.338. The van der Waals surface area contributed by atoms with E-state index < -0.39 is 11.7 Å². The zero-order valence-corrected chi connectivity index (χ0v) is 21.4. The molecule has 12 heteroatoms. The minimum absolute atomic E-state index is 0.0137. The van der Waals surface area contributed by atoms with E-state index in [4.69, 9.17) is 10.5 Å². The summed E-state index contributed by atoms with van der Waals surface area (Å²) in [5.41, 5.74) is 7.77. The van der Waals surface area contributed by atoms with Crippen LogP contribution in [0.15, 0.2) is 36.7 Å². The number of amides is 2. The van der Waals surface area contributed by atoms with Gasteiger partial charge >= 0.3 is 6.01 Å². The van der Waals surface area contributed by atoms with Crippen LogP contribution in [0.5, 0.6) is 6.01 Å². The molecule has 0 saturated carbocycles. The summed E-state index contributed by atoms with van der Waals surface area (Å²) in [6.07, 6.45) is 3.68. The summed E-state index contributed by atoms with van der Waals surface area (Å²) in [4.78, 5) is 35.7. The maximum absolute atomic E-state index is 14.6. The molecule has 5 rings (SSSR count). The lowest BCUT2D eigenvalue weighted by atomic mass is 10.1. The molecule has 0 bridgehead atoms. The van der Waals surface area contributed by atoms with Crippen molar-refractivity contribution in [1.82, 2.24) is 24.6 Å². The van der Waals surface area contributed by atoms with E-state index in [0.717, 1.165) is 0 Å². The molecule has 38 heavy (non-hydrogen) atoms. The van der Waals surface area contributed by atoms with Crippen LogP contribution in [0.4, 0.5) is 15.8 Å². The molecule has 2 atom stereocenters. The summed E-state index contributed by atoms with van der Waals surface area (Å²) in [6, 6.07) is 6.31. The third-order valence-corrected chi connectivity index (χ3v) is 6.38. The summed E-state index contributed by atoms with van der Waals surface area (Å²) >= 11 is 0. The molecular weight excluding hydrogens is 491 g/mol. The zero-order valence-electron chi connectivity index (χ0n) is 21.4. The second-order valence-corrected chi connectivity index (χ2v) is 9.58. The van der Waals surface area contributed by atoms with Crippen molar-refractivity contribution in [1.29, 1.82) is 0 Å². The smallest absolute Gasteiger partial charge is 0.317 e. The number of nitrogens with one attached hydrogen (secondary N) is 2. The Kier molecular flexibility index (Phi) is 6.81. The number of halogens is 1. The molecule has 1 aliphatic rings. The second kappa shape index (κ2) is 10.2. The van der Waals surface area contributed by atoms with E-state index in [9.17, 15) is 14.0 Å². The molecule has 11 nitrogen and oxygen atoms in total. The van der Waals surface area contributed by atoms with Gasteiger partial charge in [0.1, 0.15) is 11.6 Å². The Labute approximate surface area is 218 Å². The van der Waals surface area contributed by atoms with Gasteiger partial charge in [-0.05, 0) is 31.2 Å². The number of hydrogen-bond donors (Lipinski definition) is 3. The number of benzene rings is 2. The van der Waals surface area contributed by atoms with Gasteiger partial charge in [0.15, 0.2) is 5.82 Å². The first kappa shape index (κ1) is 25.3. The largest absolute Gasteiger partial charge is 0.458 e. The van der Waals surface area contributed by atoms with Crippen LogP contribution in [0.2, 0.25) is 0 Å². The first-order chi connectivity index (χ1) is 18.2. The third-order valence-electron chi connectivity index (χ3n) is 6.38. The van der Waals surface area contributed by atoms with Gasteiger partial charge in [-0.3, -0.25) is 14.3 Å². The molecule has 4 aromatic rings. The predicted octanol–water partition coefficient (Wildman–Crippen LogP) is 2.67. The monoisotopic (exact) mass is 520 g/mol. The van der Waals surface area contributed by atoms with Crippen molar-refractivity contribution in [2.45, 2.75) is 32.4 Å². The molecule has 1 fully saturated rings.